The van der Waals surface area contributed by atoms with Crippen LogP contribution in [0.15, 0.2) is 33.9 Å². The van der Waals surface area contributed by atoms with E-state index < -0.39 is 15.9 Å². The lowest BCUT2D eigenvalue weighted by molar-refractivity contribution is -0.117. The van der Waals surface area contributed by atoms with Crippen molar-refractivity contribution in [2.45, 2.75) is 11.4 Å². The fourth-order valence-corrected chi connectivity index (χ4v) is 3.96. The molecule has 8 nitrogen and oxygen atoms in total. The van der Waals surface area contributed by atoms with Gasteiger partial charge >= 0.3 is 0 Å². The van der Waals surface area contributed by atoms with E-state index in [0.717, 1.165) is 4.68 Å². The van der Waals surface area contributed by atoms with Crippen molar-refractivity contribution < 1.29 is 13.2 Å². The second-order valence-electron chi connectivity index (χ2n) is 4.21. The molecule has 0 bridgehead atoms. The Kier molecular flexibility index (Phi) is 4.28. The molecule has 0 spiro atoms. The number of sulfonamides is 1. The van der Waals surface area contributed by atoms with Gasteiger partial charge in [0.25, 0.3) is 10.0 Å². The smallest absolute Gasteiger partial charge is 0.281 e. The Labute approximate surface area is 129 Å². The van der Waals surface area contributed by atoms with Gasteiger partial charge in [0.05, 0.1) is 12.1 Å². The molecule has 112 valence electrons. The molecule has 0 saturated heterocycles. The lowest BCUT2D eigenvalue weighted by Crippen LogP contribution is -2.20. The number of carbonyl (C=O) groups is 1. The fourth-order valence-electron chi connectivity index (χ4n) is 1.76. The Balaban J connectivity index is 2.40. The van der Waals surface area contributed by atoms with Crippen LogP contribution in [-0.4, -0.2) is 29.3 Å². The normalized spacial score (nSPS) is 11.3. The molecule has 0 saturated carbocycles. The molecule has 0 aliphatic rings. The zero-order chi connectivity index (χ0) is 15.6. The first kappa shape index (κ1) is 15.4. The molecule has 0 aliphatic heterocycles. The lowest BCUT2D eigenvalue weighted by atomic mass is 10.1. The molecule has 0 aliphatic carbocycles. The van der Waals surface area contributed by atoms with Crippen molar-refractivity contribution in [1.29, 1.82) is 0 Å². The van der Waals surface area contributed by atoms with Crippen LogP contribution in [0.5, 0.6) is 0 Å². The number of primary amides is 1. The van der Waals surface area contributed by atoms with Crippen molar-refractivity contribution >= 4 is 37.5 Å². The highest BCUT2D eigenvalue weighted by Crippen LogP contribution is 2.23. The van der Waals surface area contributed by atoms with Gasteiger partial charge in [-0.25, -0.2) is 4.68 Å². The molecule has 21 heavy (non-hydrogen) atoms. The highest BCUT2D eigenvalue weighted by Gasteiger charge is 2.24. The van der Waals surface area contributed by atoms with Crippen LogP contribution in [0.25, 0.3) is 0 Å². The minimum Gasteiger partial charge on any atom is -0.369 e. The summed E-state index contributed by atoms with van der Waals surface area (Å²) in [6.45, 7) is 0. The molecule has 0 fully saturated rings. The van der Waals surface area contributed by atoms with Gasteiger partial charge in [0.15, 0.2) is 4.60 Å². The van der Waals surface area contributed by atoms with Crippen LogP contribution in [0.1, 0.15) is 5.56 Å². The molecule has 0 atom stereocenters. The van der Waals surface area contributed by atoms with Gasteiger partial charge in [-0.2, -0.15) is 8.42 Å². The first-order valence-electron chi connectivity index (χ1n) is 5.75. The van der Waals surface area contributed by atoms with Gasteiger partial charge < -0.3 is 5.73 Å². The first-order valence-corrected chi connectivity index (χ1v) is 8.03. The highest BCUT2D eigenvalue weighted by molar-refractivity contribution is 9.10. The van der Waals surface area contributed by atoms with Crippen LogP contribution < -0.4 is 10.5 Å². The summed E-state index contributed by atoms with van der Waals surface area (Å²) < 4.78 is 28.4. The molecule has 0 unspecified atom stereocenters. The molecule has 3 N–H and O–H groups in total. The Morgan fingerprint density at radius 2 is 2.10 bits per heavy atom. The van der Waals surface area contributed by atoms with Crippen LogP contribution in [0.2, 0.25) is 0 Å². The maximum Gasteiger partial charge on any atom is 0.281 e. The standard InChI is InChI=1S/C11H12BrN5O3S/c1-17-11(10(12)14-16-17)21(19,20)15-8-5-3-2-4-7(8)6-9(13)18/h2-5,15H,6H2,1H3,(H2,13,18). The number of aromatic nitrogens is 3. The van der Waals surface area contributed by atoms with E-state index >= 15 is 0 Å². The van der Waals surface area contributed by atoms with Crippen molar-refractivity contribution in [1.82, 2.24) is 15.0 Å². The van der Waals surface area contributed by atoms with Crippen LogP contribution in [0, 0.1) is 0 Å². The minimum absolute atomic E-state index is 0.0660. The van der Waals surface area contributed by atoms with Crippen LogP contribution in [-0.2, 0) is 28.3 Å². The van der Waals surface area contributed by atoms with E-state index in [2.05, 4.69) is 31.0 Å². The number of amides is 1. The summed E-state index contributed by atoms with van der Waals surface area (Å²) in [5.41, 5.74) is 5.92. The van der Waals surface area contributed by atoms with Crippen LogP contribution >= 0.6 is 15.9 Å². The Bertz CT molecular complexity index is 767. The second kappa shape index (κ2) is 5.82. The summed E-state index contributed by atoms with van der Waals surface area (Å²) in [6.07, 6.45) is -0.0660. The predicted octanol–water partition coefficient (Wildman–Crippen LogP) is 0.406. The number of rotatable bonds is 5. The van der Waals surface area contributed by atoms with Gasteiger partial charge in [0.2, 0.25) is 10.9 Å². The number of halogens is 1. The maximum absolute atomic E-state index is 12.4. The van der Waals surface area contributed by atoms with E-state index in [1.54, 1.807) is 24.3 Å². The third kappa shape index (κ3) is 3.39. The minimum atomic E-state index is -3.90. The average Bonchev–Trinajstić information content (AvgIpc) is 2.71. The SMILES string of the molecule is Cn1nnc(Br)c1S(=O)(=O)Nc1ccccc1CC(N)=O. The van der Waals surface area contributed by atoms with Gasteiger partial charge in [-0.1, -0.05) is 23.4 Å². The molecule has 10 heteroatoms. The number of benzene rings is 1. The number of anilines is 1. The Morgan fingerprint density at radius 1 is 1.43 bits per heavy atom. The summed E-state index contributed by atoms with van der Waals surface area (Å²) in [6, 6.07) is 6.52. The van der Waals surface area contributed by atoms with Gasteiger partial charge in [0, 0.05) is 7.05 Å². The Morgan fingerprint density at radius 3 is 2.67 bits per heavy atom. The van der Waals surface area contributed by atoms with Crippen molar-refractivity contribution in [3.05, 3.63) is 34.4 Å². The summed E-state index contributed by atoms with van der Waals surface area (Å²) in [7, 11) is -2.44. The zero-order valence-electron chi connectivity index (χ0n) is 10.9. The van der Waals surface area contributed by atoms with Gasteiger partial charge in [-0.3, -0.25) is 9.52 Å². The molecule has 2 rings (SSSR count). The van der Waals surface area contributed by atoms with Crippen molar-refractivity contribution in [2.24, 2.45) is 12.8 Å². The lowest BCUT2D eigenvalue weighted by Gasteiger charge is -2.11. The number of nitrogens with two attached hydrogens (primary N) is 1. The van der Waals surface area contributed by atoms with E-state index in [-0.39, 0.29) is 21.7 Å². The van der Waals surface area contributed by atoms with Crippen molar-refractivity contribution in [3.8, 4) is 0 Å². The number of hydrogen-bond acceptors (Lipinski definition) is 5. The predicted molar refractivity (Wildman–Crippen MR) is 78.9 cm³/mol. The molecule has 1 heterocycles. The molecule has 2 aromatic rings. The molecule has 0 radical (unpaired) electrons. The van der Waals surface area contributed by atoms with E-state index in [0.29, 0.717) is 5.56 Å². The quantitative estimate of drug-likeness (QED) is 0.785. The molecule has 1 aromatic carbocycles. The monoisotopic (exact) mass is 373 g/mol. The van der Waals surface area contributed by atoms with Crippen molar-refractivity contribution in [3.63, 3.8) is 0 Å². The molecule has 1 amide bonds. The summed E-state index contributed by atoms with van der Waals surface area (Å²) in [5.74, 6) is -0.551. The summed E-state index contributed by atoms with van der Waals surface area (Å²) >= 11 is 3.04. The van der Waals surface area contributed by atoms with E-state index in [9.17, 15) is 13.2 Å². The molecular formula is C11H12BrN5O3S. The van der Waals surface area contributed by atoms with E-state index in [4.69, 9.17) is 5.73 Å². The third-order valence-electron chi connectivity index (χ3n) is 2.62. The number of nitrogens with one attached hydrogen (secondary N) is 1. The maximum atomic E-state index is 12.4. The average molecular weight is 374 g/mol. The van der Waals surface area contributed by atoms with Crippen LogP contribution in [0.4, 0.5) is 5.69 Å². The van der Waals surface area contributed by atoms with Gasteiger partial charge in [-0.05, 0) is 27.6 Å². The van der Waals surface area contributed by atoms with Gasteiger partial charge in [-0.15, -0.1) is 5.10 Å². The van der Waals surface area contributed by atoms with Gasteiger partial charge in [0.1, 0.15) is 0 Å². The third-order valence-corrected chi connectivity index (χ3v) is 4.87. The summed E-state index contributed by atoms with van der Waals surface area (Å²) in [4.78, 5) is 11.0. The highest BCUT2D eigenvalue weighted by atomic mass is 79.9. The van der Waals surface area contributed by atoms with E-state index in [1.807, 2.05) is 0 Å². The zero-order valence-corrected chi connectivity index (χ0v) is 13.3. The first-order chi connectivity index (χ1) is 9.81. The topological polar surface area (TPSA) is 120 Å². The van der Waals surface area contributed by atoms with E-state index in [1.165, 1.54) is 7.05 Å². The Hall–Kier alpha value is -1.94. The number of hydrogen-bond donors (Lipinski definition) is 2. The second-order valence-corrected chi connectivity index (χ2v) is 6.56. The number of nitrogens with zero attached hydrogens (tertiary/aromatic N) is 3. The number of carbonyl (C=O) groups excluding carboxylic acids is 1. The number of para-hydroxylation sites is 1. The van der Waals surface area contributed by atoms with Crippen LogP contribution in [0.3, 0.4) is 0 Å². The molecular weight excluding hydrogens is 362 g/mol. The molecule has 1 aromatic heterocycles. The summed E-state index contributed by atoms with van der Waals surface area (Å²) in [5, 5.41) is 7.14. The fraction of sp³-hybridized carbons (Fsp3) is 0.182. The largest absolute Gasteiger partial charge is 0.369 e. The van der Waals surface area contributed by atoms with Crippen molar-refractivity contribution in [2.75, 3.05) is 4.72 Å². The number of aryl methyl sites for hydroxylation is 1.